The molecule has 21 heavy (non-hydrogen) atoms. The first-order chi connectivity index (χ1) is 9.70. The molecule has 0 spiro atoms. The van der Waals surface area contributed by atoms with Gasteiger partial charge >= 0.3 is 0 Å². The van der Waals surface area contributed by atoms with Gasteiger partial charge in [-0.3, -0.25) is 4.98 Å². The number of nitrogens with one attached hydrogen (secondary N) is 1. The molecule has 0 saturated carbocycles. The van der Waals surface area contributed by atoms with Crippen molar-refractivity contribution < 1.29 is 4.74 Å². The van der Waals surface area contributed by atoms with E-state index in [2.05, 4.69) is 15.2 Å². The van der Waals surface area contributed by atoms with Gasteiger partial charge in [0.05, 0.1) is 29.0 Å². The number of aromatic nitrogens is 1. The van der Waals surface area contributed by atoms with Crippen LogP contribution in [0.1, 0.15) is 5.69 Å². The third kappa shape index (κ3) is 3.03. The number of benzene rings is 1. The topological polar surface area (TPSA) is 37.4 Å². The minimum atomic E-state index is 0. The number of piperazine rings is 1. The van der Waals surface area contributed by atoms with Crippen LogP contribution >= 0.6 is 24.0 Å². The van der Waals surface area contributed by atoms with E-state index in [1.165, 1.54) is 0 Å². The number of ether oxygens (including phenoxy) is 1. The highest BCUT2D eigenvalue weighted by Gasteiger charge is 2.19. The van der Waals surface area contributed by atoms with Crippen LogP contribution in [-0.4, -0.2) is 38.3 Å². The van der Waals surface area contributed by atoms with Crippen LogP contribution in [0.2, 0.25) is 5.02 Å². The van der Waals surface area contributed by atoms with Crippen molar-refractivity contribution in [1.29, 1.82) is 0 Å². The Kier molecular flexibility index (Phi) is 5.14. The van der Waals surface area contributed by atoms with Gasteiger partial charge in [-0.05, 0) is 19.1 Å². The summed E-state index contributed by atoms with van der Waals surface area (Å²) in [4.78, 5) is 6.92. The molecule has 2 aromatic rings. The largest absolute Gasteiger partial charge is 0.497 e. The van der Waals surface area contributed by atoms with Gasteiger partial charge in [0, 0.05) is 37.6 Å². The van der Waals surface area contributed by atoms with Gasteiger partial charge in [-0.25, -0.2) is 0 Å². The zero-order valence-corrected chi connectivity index (χ0v) is 13.7. The van der Waals surface area contributed by atoms with E-state index >= 15 is 0 Å². The molecule has 0 amide bonds. The highest BCUT2D eigenvalue weighted by molar-refractivity contribution is 6.35. The summed E-state index contributed by atoms with van der Waals surface area (Å²) in [7, 11) is 1.67. The molecular formula is C15H19Cl2N3O. The van der Waals surface area contributed by atoms with Gasteiger partial charge in [0.2, 0.25) is 0 Å². The zero-order valence-electron chi connectivity index (χ0n) is 12.1. The summed E-state index contributed by atoms with van der Waals surface area (Å²) in [6.45, 7) is 5.84. The number of hydrogen-bond acceptors (Lipinski definition) is 4. The summed E-state index contributed by atoms with van der Waals surface area (Å²) in [5, 5.41) is 5.21. The average Bonchev–Trinajstić information content (AvgIpc) is 2.49. The molecule has 0 radical (unpaired) electrons. The lowest BCUT2D eigenvalue weighted by molar-refractivity contribution is 0.415. The normalized spacial score (nSPS) is 14.9. The molecule has 1 aromatic heterocycles. The number of rotatable bonds is 2. The fourth-order valence-corrected chi connectivity index (χ4v) is 2.91. The monoisotopic (exact) mass is 327 g/mol. The third-order valence-corrected chi connectivity index (χ3v) is 4.16. The van der Waals surface area contributed by atoms with Crippen LogP contribution in [0.25, 0.3) is 10.9 Å². The fourth-order valence-electron chi connectivity index (χ4n) is 2.65. The standard InChI is InChI=1S/C15H18ClN3O.ClH/c1-10-14(16)15(19-7-5-17-6-8-19)12-4-3-11(20-2)9-13(12)18-10;/h3-4,9,17H,5-8H2,1-2H3;1H. The fraction of sp³-hybridized carbons (Fsp3) is 0.400. The lowest BCUT2D eigenvalue weighted by Gasteiger charge is -2.31. The van der Waals surface area contributed by atoms with Gasteiger partial charge in [0.15, 0.2) is 0 Å². The molecular weight excluding hydrogens is 309 g/mol. The molecule has 1 fully saturated rings. The van der Waals surface area contributed by atoms with Crippen molar-refractivity contribution in [2.75, 3.05) is 38.2 Å². The van der Waals surface area contributed by atoms with Crippen molar-refractivity contribution in [3.8, 4) is 5.75 Å². The predicted molar refractivity (Wildman–Crippen MR) is 90.4 cm³/mol. The van der Waals surface area contributed by atoms with Crippen LogP contribution in [0.15, 0.2) is 18.2 Å². The van der Waals surface area contributed by atoms with Crippen LogP contribution in [0.4, 0.5) is 5.69 Å². The number of hydrogen-bond donors (Lipinski definition) is 1. The number of anilines is 1. The Morgan fingerprint density at radius 3 is 2.67 bits per heavy atom. The second-order valence-electron chi connectivity index (χ2n) is 4.98. The van der Waals surface area contributed by atoms with E-state index in [9.17, 15) is 0 Å². The minimum Gasteiger partial charge on any atom is -0.497 e. The summed E-state index contributed by atoms with van der Waals surface area (Å²) >= 11 is 6.52. The Balaban J connectivity index is 0.00000161. The van der Waals surface area contributed by atoms with E-state index in [1.54, 1.807) is 7.11 Å². The van der Waals surface area contributed by atoms with Crippen molar-refractivity contribution in [3.05, 3.63) is 28.9 Å². The van der Waals surface area contributed by atoms with E-state index in [0.29, 0.717) is 0 Å². The molecule has 0 unspecified atom stereocenters. The Labute approximate surface area is 135 Å². The van der Waals surface area contributed by atoms with Crippen molar-refractivity contribution in [1.82, 2.24) is 10.3 Å². The summed E-state index contributed by atoms with van der Waals surface area (Å²) in [6, 6.07) is 5.97. The number of nitrogens with zero attached hydrogens (tertiary/aromatic N) is 2. The molecule has 1 aliphatic heterocycles. The van der Waals surface area contributed by atoms with Crippen LogP contribution in [0.5, 0.6) is 5.75 Å². The van der Waals surface area contributed by atoms with Crippen molar-refractivity contribution in [3.63, 3.8) is 0 Å². The first kappa shape index (κ1) is 16.1. The predicted octanol–water partition coefficient (Wildman–Crippen LogP) is 3.04. The number of halogens is 2. The number of aryl methyl sites for hydroxylation is 1. The van der Waals surface area contributed by atoms with Crippen molar-refractivity contribution >= 4 is 40.6 Å². The quantitative estimate of drug-likeness (QED) is 0.919. The molecule has 2 heterocycles. The lowest BCUT2D eigenvalue weighted by atomic mass is 10.1. The molecule has 6 heteroatoms. The summed E-state index contributed by atoms with van der Waals surface area (Å²) in [5.74, 6) is 0.818. The summed E-state index contributed by atoms with van der Waals surface area (Å²) in [6.07, 6.45) is 0. The van der Waals surface area contributed by atoms with Gasteiger partial charge in [-0.2, -0.15) is 0 Å². The van der Waals surface area contributed by atoms with Gasteiger partial charge in [-0.15, -0.1) is 12.4 Å². The Bertz CT molecular complexity index is 642. The van der Waals surface area contributed by atoms with E-state index < -0.39 is 0 Å². The summed E-state index contributed by atoms with van der Waals surface area (Å²) < 4.78 is 5.28. The Morgan fingerprint density at radius 2 is 2.00 bits per heavy atom. The molecule has 114 valence electrons. The van der Waals surface area contributed by atoms with Crippen LogP contribution in [-0.2, 0) is 0 Å². The molecule has 0 bridgehead atoms. The molecule has 0 aliphatic carbocycles. The molecule has 1 aromatic carbocycles. The van der Waals surface area contributed by atoms with Crippen LogP contribution in [0.3, 0.4) is 0 Å². The van der Waals surface area contributed by atoms with E-state index in [0.717, 1.165) is 59.2 Å². The van der Waals surface area contributed by atoms with E-state index in [-0.39, 0.29) is 12.4 Å². The van der Waals surface area contributed by atoms with Crippen LogP contribution in [0, 0.1) is 6.92 Å². The molecule has 1 saturated heterocycles. The highest BCUT2D eigenvalue weighted by Crippen LogP contribution is 2.36. The molecule has 1 N–H and O–H groups in total. The van der Waals surface area contributed by atoms with Crippen LogP contribution < -0.4 is 15.0 Å². The summed E-state index contributed by atoms with van der Waals surface area (Å²) in [5.41, 5.74) is 2.89. The van der Waals surface area contributed by atoms with Gasteiger partial charge in [0.25, 0.3) is 0 Å². The van der Waals surface area contributed by atoms with E-state index in [1.807, 2.05) is 25.1 Å². The first-order valence-corrected chi connectivity index (χ1v) is 7.18. The molecule has 3 rings (SSSR count). The highest BCUT2D eigenvalue weighted by atomic mass is 35.5. The third-order valence-electron chi connectivity index (χ3n) is 3.71. The first-order valence-electron chi connectivity index (χ1n) is 6.80. The molecule has 0 atom stereocenters. The maximum atomic E-state index is 6.52. The molecule has 4 nitrogen and oxygen atoms in total. The smallest absolute Gasteiger partial charge is 0.121 e. The number of pyridine rings is 1. The maximum absolute atomic E-state index is 6.52. The lowest BCUT2D eigenvalue weighted by Crippen LogP contribution is -2.43. The number of methoxy groups -OCH3 is 1. The maximum Gasteiger partial charge on any atom is 0.121 e. The van der Waals surface area contributed by atoms with Gasteiger partial charge < -0.3 is 15.0 Å². The van der Waals surface area contributed by atoms with Gasteiger partial charge in [-0.1, -0.05) is 11.6 Å². The Hall–Kier alpha value is -1.23. The second-order valence-corrected chi connectivity index (χ2v) is 5.36. The SMILES string of the molecule is COc1ccc2c(N3CCNCC3)c(Cl)c(C)nc2c1.Cl. The number of fused-ring (bicyclic) bond motifs is 1. The Morgan fingerprint density at radius 1 is 1.29 bits per heavy atom. The van der Waals surface area contributed by atoms with Gasteiger partial charge in [0.1, 0.15) is 5.75 Å². The molecule has 1 aliphatic rings. The zero-order chi connectivity index (χ0) is 14.1. The second kappa shape index (κ2) is 6.69. The minimum absolute atomic E-state index is 0. The van der Waals surface area contributed by atoms with Crippen molar-refractivity contribution in [2.45, 2.75) is 6.92 Å². The van der Waals surface area contributed by atoms with Crippen molar-refractivity contribution in [2.24, 2.45) is 0 Å². The van der Waals surface area contributed by atoms with E-state index in [4.69, 9.17) is 16.3 Å². The average molecular weight is 328 g/mol.